The van der Waals surface area contributed by atoms with Gasteiger partial charge in [-0.05, 0) is 25.5 Å². The van der Waals surface area contributed by atoms with E-state index in [1.54, 1.807) is 12.1 Å². The van der Waals surface area contributed by atoms with Crippen molar-refractivity contribution in [3.63, 3.8) is 0 Å². The van der Waals surface area contributed by atoms with Crippen LogP contribution in [0.2, 0.25) is 0 Å². The van der Waals surface area contributed by atoms with Crippen LogP contribution in [0.1, 0.15) is 31.2 Å². The van der Waals surface area contributed by atoms with Gasteiger partial charge in [0.25, 0.3) is 0 Å². The number of benzene rings is 1. The third-order valence-electron chi connectivity index (χ3n) is 4.30. The largest absolute Gasteiger partial charge is 0.381 e. The van der Waals surface area contributed by atoms with Crippen LogP contribution in [0.4, 0.5) is 0 Å². The van der Waals surface area contributed by atoms with Gasteiger partial charge in [-0.15, -0.1) is 0 Å². The van der Waals surface area contributed by atoms with Crippen LogP contribution in [0, 0.1) is 6.92 Å². The van der Waals surface area contributed by atoms with Crippen molar-refractivity contribution in [3.05, 3.63) is 29.8 Å². The highest BCUT2D eigenvalue weighted by atomic mass is 32.2. The average Bonchev–Trinajstić information content (AvgIpc) is 2.74. The van der Waals surface area contributed by atoms with Crippen LogP contribution in [0.25, 0.3) is 0 Å². The fourth-order valence-electron chi connectivity index (χ4n) is 2.66. The molecule has 1 rings (SSSR count). The summed E-state index contributed by atoms with van der Waals surface area (Å²) in [5.74, 6) is 0. The second-order valence-electron chi connectivity index (χ2n) is 7.03. The van der Waals surface area contributed by atoms with E-state index in [2.05, 4.69) is 4.72 Å². The molecule has 0 saturated carbocycles. The highest BCUT2D eigenvalue weighted by molar-refractivity contribution is 7.89. The number of ether oxygens (including phenoxy) is 3. The fraction of sp³-hybridized carbons (Fsp3) is 0.571. The van der Waals surface area contributed by atoms with Gasteiger partial charge in [-0.25, -0.2) is 13.1 Å². The van der Waals surface area contributed by atoms with Crippen LogP contribution < -0.4 is 4.72 Å². The molecule has 0 unspecified atom stereocenters. The summed E-state index contributed by atoms with van der Waals surface area (Å²) in [4.78, 5) is 31.7. The lowest BCUT2D eigenvalue weighted by molar-refractivity contribution is -0.110. The van der Waals surface area contributed by atoms with E-state index in [1.165, 1.54) is 12.1 Å². The molecule has 0 radical (unpaired) electrons. The summed E-state index contributed by atoms with van der Waals surface area (Å²) in [7, 11) is -3.93. The van der Waals surface area contributed by atoms with E-state index in [0.29, 0.717) is 12.6 Å². The number of carbonyl (C=O) groups is 3. The number of aldehydes is 3. The molecule has 0 aromatic heterocycles. The summed E-state index contributed by atoms with van der Waals surface area (Å²) in [5.41, 5.74) is -0.278. The normalized spacial score (nSPS) is 11.9. The van der Waals surface area contributed by atoms with Crippen molar-refractivity contribution in [2.45, 2.75) is 43.0 Å². The van der Waals surface area contributed by atoms with Gasteiger partial charge < -0.3 is 28.6 Å². The van der Waals surface area contributed by atoms with Crippen LogP contribution in [0.5, 0.6) is 0 Å². The van der Waals surface area contributed by atoms with Crippen molar-refractivity contribution in [1.29, 1.82) is 0 Å². The summed E-state index contributed by atoms with van der Waals surface area (Å²) >= 11 is 0. The molecule has 1 aromatic rings. The van der Waals surface area contributed by atoms with Crippen molar-refractivity contribution in [2.75, 3.05) is 39.6 Å². The number of sulfonamides is 1. The number of aryl methyl sites for hydroxylation is 1. The van der Waals surface area contributed by atoms with E-state index in [4.69, 9.17) is 14.2 Å². The van der Waals surface area contributed by atoms with Crippen molar-refractivity contribution in [3.8, 4) is 0 Å². The van der Waals surface area contributed by atoms with Crippen LogP contribution in [0.15, 0.2) is 29.2 Å². The first kappa shape index (κ1) is 27.1. The predicted octanol–water partition coefficient (Wildman–Crippen LogP) is 1.22. The maximum absolute atomic E-state index is 13.1. The van der Waals surface area contributed by atoms with E-state index in [1.807, 2.05) is 6.92 Å². The molecule has 31 heavy (non-hydrogen) atoms. The number of nitrogens with one attached hydrogen (secondary N) is 1. The van der Waals surface area contributed by atoms with Crippen molar-refractivity contribution < 1.29 is 37.0 Å². The van der Waals surface area contributed by atoms with Gasteiger partial charge in [0, 0.05) is 25.9 Å². The van der Waals surface area contributed by atoms with E-state index in [0.717, 1.165) is 11.8 Å². The summed E-state index contributed by atoms with van der Waals surface area (Å²) in [6.45, 7) is 2.33. The summed E-state index contributed by atoms with van der Waals surface area (Å²) in [5, 5.41) is 0. The summed E-state index contributed by atoms with van der Waals surface area (Å²) < 4.78 is 45.3. The van der Waals surface area contributed by atoms with Gasteiger partial charge in [-0.1, -0.05) is 17.7 Å². The molecular formula is C21H31NO8S. The molecule has 0 amide bonds. The zero-order chi connectivity index (χ0) is 23.0. The number of hydrogen-bond donors (Lipinski definition) is 1. The molecule has 0 saturated heterocycles. The molecule has 9 nitrogen and oxygen atoms in total. The molecule has 1 aromatic carbocycles. The lowest BCUT2D eigenvalue weighted by Crippen LogP contribution is -2.56. The molecule has 174 valence electrons. The molecule has 10 heteroatoms. The Morgan fingerprint density at radius 1 is 0.806 bits per heavy atom. The minimum atomic E-state index is -3.93. The Balaban J connectivity index is 3.06. The van der Waals surface area contributed by atoms with E-state index in [9.17, 15) is 22.8 Å². The third-order valence-corrected chi connectivity index (χ3v) is 5.90. The molecular weight excluding hydrogens is 426 g/mol. The second kappa shape index (κ2) is 14.9. The summed E-state index contributed by atoms with van der Waals surface area (Å²) in [6, 6.07) is 6.40. The van der Waals surface area contributed by atoms with Gasteiger partial charge in [0.05, 0.1) is 43.5 Å². The molecule has 0 aliphatic rings. The van der Waals surface area contributed by atoms with Crippen molar-refractivity contribution >= 4 is 28.9 Å². The number of hydrogen-bond acceptors (Lipinski definition) is 8. The molecule has 0 fully saturated rings. The highest BCUT2D eigenvalue weighted by Gasteiger charge is 2.36. The molecule has 0 bridgehead atoms. The lowest BCUT2D eigenvalue weighted by atomic mass is 9.99. The average molecular weight is 458 g/mol. The Hall–Kier alpha value is -1.98. The fourth-order valence-corrected chi connectivity index (χ4v) is 4.06. The first-order chi connectivity index (χ1) is 14.9. The highest BCUT2D eigenvalue weighted by Crippen LogP contribution is 2.19. The first-order valence-electron chi connectivity index (χ1n) is 10.0. The monoisotopic (exact) mass is 457 g/mol. The molecule has 0 atom stereocenters. The van der Waals surface area contributed by atoms with Crippen LogP contribution in [-0.2, 0) is 38.6 Å². The van der Waals surface area contributed by atoms with E-state index < -0.39 is 15.6 Å². The van der Waals surface area contributed by atoms with Gasteiger partial charge in [0.2, 0.25) is 10.0 Å². The van der Waals surface area contributed by atoms with Crippen LogP contribution in [0.3, 0.4) is 0 Å². The molecule has 0 heterocycles. The van der Waals surface area contributed by atoms with Crippen molar-refractivity contribution in [2.24, 2.45) is 0 Å². The van der Waals surface area contributed by atoms with E-state index >= 15 is 0 Å². The van der Waals surface area contributed by atoms with Gasteiger partial charge in [-0.2, -0.15) is 0 Å². The zero-order valence-electron chi connectivity index (χ0n) is 17.8. The van der Waals surface area contributed by atoms with Gasteiger partial charge >= 0.3 is 0 Å². The SMILES string of the molecule is Cc1ccc(S(=O)(=O)NC(CCOCCC=O)(COCCC=O)COCCC=O)cc1. The Labute approximate surface area is 183 Å². The van der Waals surface area contributed by atoms with Crippen LogP contribution >= 0.6 is 0 Å². The Bertz CT molecular complexity index is 748. The minimum absolute atomic E-state index is 0.0654. The minimum Gasteiger partial charge on any atom is -0.381 e. The Morgan fingerprint density at radius 2 is 1.29 bits per heavy atom. The molecule has 1 N–H and O–H groups in total. The predicted molar refractivity (Wildman–Crippen MR) is 113 cm³/mol. The Kier molecular flexibility index (Phi) is 13.0. The molecule has 0 aliphatic heterocycles. The molecule has 0 aliphatic carbocycles. The lowest BCUT2D eigenvalue weighted by Gasteiger charge is -2.34. The van der Waals surface area contributed by atoms with E-state index in [-0.39, 0.29) is 70.2 Å². The van der Waals surface area contributed by atoms with Gasteiger partial charge in [-0.3, -0.25) is 0 Å². The zero-order valence-corrected chi connectivity index (χ0v) is 18.6. The standard InChI is InChI=1S/C21H31NO8S/c1-19-5-7-20(8-6-19)31(26,27)22-21(17-29-14-3-11-24,18-30-15-4-12-25)9-16-28-13-2-10-23/h5-8,10-12,22H,2-4,9,13-18H2,1H3. The summed E-state index contributed by atoms with van der Waals surface area (Å²) in [6.07, 6.45) is 2.92. The second-order valence-corrected chi connectivity index (χ2v) is 8.71. The maximum Gasteiger partial charge on any atom is 0.241 e. The first-order valence-corrected chi connectivity index (χ1v) is 11.5. The smallest absolute Gasteiger partial charge is 0.241 e. The quantitative estimate of drug-likeness (QED) is 0.243. The third kappa shape index (κ3) is 10.7. The number of rotatable bonds is 19. The van der Waals surface area contributed by atoms with Crippen molar-refractivity contribution in [1.82, 2.24) is 4.72 Å². The van der Waals surface area contributed by atoms with Gasteiger partial charge in [0.1, 0.15) is 18.9 Å². The van der Waals surface area contributed by atoms with Crippen LogP contribution in [-0.4, -0.2) is 72.5 Å². The van der Waals surface area contributed by atoms with Gasteiger partial charge in [0.15, 0.2) is 0 Å². The molecule has 0 spiro atoms. The number of carbonyl (C=O) groups excluding carboxylic acids is 3. The topological polar surface area (TPSA) is 125 Å². The maximum atomic E-state index is 13.1. The Morgan fingerprint density at radius 3 is 1.77 bits per heavy atom.